The van der Waals surface area contributed by atoms with Crippen LogP contribution in [0.25, 0.3) is 10.4 Å². The van der Waals surface area contributed by atoms with Crippen molar-refractivity contribution in [3.8, 4) is 16.2 Å². The monoisotopic (exact) mass is 609 g/mol. The van der Waals surface area contributed by atoms with Crippen molar-refractivity contribution in [2.45, 2.75) is 44.3 Å². The zero-order valence-electron chi connectivity index (χ0n) is 24.5. The maximum absolute atomic E-state index is 13.3. The second-order valence-electron chi connectivity index (χ2n) is 11.3. The number of halogens is 3. The van der Waals surface area contributed by atoms with Gasteiger partial charge in [0.05, 0.1) is 11.6 Å². The molecule has 0 spiro atoms. The highest BCUT2D eigenvalue weighted by Crippen LogP contribution is 2.32. The first kappa shape index (κ1) is 32.2. The van der Waals surface area contributed by atoms with Crippen LogP contribution in [-0.2, 0) is 9.59 Å². The number of carbonyl (C=O) groups is 2. The van der Waals surface area contributed by atoms with Crippen molar-refractivity contribution >= 4 is 28.2 Å². The second kappa shape index (κ2) is 15.2. The third-order valence-electron chi connectivity index (χ3n) is 7.94. The van der Waals surface area contributed by atoms with E-state index in [1.54, 1.807) is 6.07 Å². The third-order valence-corrected chi connectivity index (χ3v) is 8.99. The van der Waals surface area contributed by atoms with Gasteiger partial charge in [0.25, 0.3) is 0 Å². The molecule has 2 aromatic rings. The molecule has 8 nitrogen and oxygen atoms in total. The lowest BCUT2D eigenvalue weighted by molar-refractivity contribution is -0.188. The molecule has 2 aliphatic rings. The number of amides is 2. The van der Waals surface area contributed by atoms with Crippen LogP contribution in [0.15, 0.2) is 36.4 Å². The number of likely N-dealkylation sites (tertiary alicyclic amines) is 1. The quantitative estimate of drug-likeness (QED) is 0.354. The maximum Gasteiger partial charge on any atom is 0.471 e. The van der Waals surface area contributed by atoms with Gasteiger partial charge in [-0.1, -0.05) is 0 Å². The minimum absolute atomic E-state index is 0.394. The van der Waals surface area contributed by atoms with Crippen LogP contribution in [0.1, 0.15) is 32.1 Å². The van der Waals surface area contributed by atoms with Crippen LogP contribution in [0.5, 0.6) is 5.75 Å². The predicted molar refractivity (Wildman–Crippen MR) is 160 cm³/mol. The van der Waals surface area contributed by atoms with Crippen molar-refractivity contribution in [3.63, 3.8) is 0 Å². The van der Waals surface area contributed by atoms with Crippen molar-refractivity contribution in [2.24, 2.45) is 0 Å². The number of unbranched alkanes of at least 4 members (excludes halogenated alkanes) is 2. The first-order chi connectivity index (χ1) is 20.1. The van der Waals surface area contributed by atoms with Gasteiger partial charge < -0.3 is 29.7 Å². The Labute approximate surface area is 250 Å². The summed E-state index contributed by atoms with van der Waals surface area (Å²) in [6, 6.07) is 10.7. The fourth-order valence-electron chi connectivity index (χ4n) is 5.32. The number of ether oxygens (including phenoxy) is 1. The van der Waals surface area contributed by atoms with E-state index in [-0.39, 0.29) is 0 Å². The molecule has 12 heteroatoms. The van der Waals surface area contributed by atoms with Crippen LogP contribution in [-0.4, -0.2) is 117 Å². The molecule has 0 radical (unpaired) electrons. The Kier molecular flexibility index (Phi) is 11.7. The number of likely N-dealkylation sites (N-methyl/N-ethyl adjacent to an activating group) is 1. The number of thiophene rings is 1. The molecule has 4 rings (SSSR count). The van der Waals surface area contributed by atoms with Gasteiger partial charge in [0.15, 0.2) is 0 Å². The third kappa shape index (κ3) is 9.68. The van der Waals surface area contributed by atoms with Crippen LogP contribution in [0.3, 0.4) is 0 Å². The molecule has 2 saturated heterocycles. The number of anilines is 1. The van der Waals surface area contributed by atoms with E-state index in [1.165, 1.54) is 17.8 Å². The van der Waals surface area contributed by atoms with E-state index in [2.05, 4.69) is 22.2 Å². The number of alkyl halides is 3. The smallest absolute Gasteiger partial charge is 0.471 e. The molecular formula is C30H42F3N5O3S. The molecule has 2 amide bonds. The first-order valence-electron chi connectivity index (χ1n) is 14.7. The van der Waals surface area contributed by atoms with E-state index in [0.717, 1.165) is 61.8 Å². The van der Waals surface area contributed by atoms with Gasteiger partial charge in [-0.25, -0.2) is 0 Å². The summed E-state index contributed by atoms with van der Waals surface area (Å²) in [7, 11) is 4.05. The highest BCUT2D eigenvalue weighted by atomic mass is 32.1. The van der Waals surface area contributed by atoms with Gasteiger partial charge in [-0.15, -0.1) is 11.3 Å². The number of benzene rings is 1. The molecule has 232 valence electrons. The Bertz CT molecular complexity index is 1140. The molecule has 3 heterocycles. The van der Waals surface area contributed by atoms with Crippen LogP contribution >= 0.6 is 11.3 Å². The number of nitrogens with one attached hydrogen (secondary N) is 1. The summed E-state index contributed by atoms with van der Waals surface area (Å²) in [5, 5.41) is 3.18. The van der Waals surface area contributed by atoms with Crippen molar-refractivity contribution in [2.75, 3.05) is 78.4 Å². The standard InChI is InChI=1S/C30H42F3N5O3S/c1-35-15-12-24(13-16-35)38(29(40)30(31,32)33)22-27(39)34-28-11-10-26(42-28)23-6-8-25(9-7-23)41-21-5-3-4-14-37-19-17-36(2)18-20-37/h6-11,24H,3-5,12-22H2,1-2H3,(H,34,39). The van der Waals surface area contributed by atoms with E-state index in [1.807, 2.05) is 42.3 Å². The number of hydrogen-bond donors (Lipinski definition) is 1. The average Bonchev–Trinajstić information content (AvgIpc) is 3.43. The van der Waals surface area contributed by atoms with Crippen molar-refractivity contribution in [1.29, 1.82) is 0 Å². The normalized spacial score (nSPS) is 17.7. The molecule has 0 atom stereocenters. The fraction of sp³-hybridized carbons (Fsp3) is 0.600. The summed E-state index contributed by atoms with van der Waals surface area (Å²) in [4.78, 5) is 33.3. The molecule has 2 aliphatic heterocycles. The van der Waals surface area contributed by atoms with E-state index >= 15 is 0 Å². The lowest BCUT2D eigenvalue weighted by Crippen LogP contribution is -2.53. The minimum Gasteiger partial charge on any atom is -0.494 e. The number of nitrogens with zero attached hydrogens (tertiary/aromatic N) is 4. The Hall–Kier alpha value is -2.67. The Morgan fingerprint density at radius 3 is 2.26 bits per heavy atom. The minimum atomic E-state index is -5.03. The highest BCUT2D eigenvalue weighted by molar-refractivity contribution is 7.19. The molecule has 1 aromatic heterocycles. The molecule has 2 fully saturated rings. The zero-order chi connectivity index (χ0) is 30.1. The number of hydrogen-bond acceptors (Lipinski definition) is 7. The second-order valence-corrected chi connectivity index (χ2v) is 12.3. The van der Waals surface area contributed by atoms with E-state index in [4.69, 9.17) is 4.74 Å². The molecule has 1 N–H and O–H groups in total. The first-order valence-corrected chi connectivity index (χ1v) is 15.5. The van der Waals surface area contributed by atoms with Crippen molar-refractivity contribution in [1.82, 2.24) is 19.6 Å². The van der Waals surface area contributed by atoms with E-state index < -0.39 is 30.6 Å². The number of carbonyl (C=O) groups excluding carboxylic acids is 2. The summed E-state index contributed by atoms with van der Waals surface area (Å²) in [6.45, 7) is 6.91. The topological polar surface area (TPSA) is 68.4 Å². The van der Waals surface area contributed by atoms with Crippen LogP contribution in [0.4, 0.5) is 18.2 Å². The molecule has 1 aromatic carbocycles. The van der Waals surface area contributed by atoms with Crippen molar-refractivity contribution in [3.05, 3.63) is 36.4 Å². The predicted octanol–water partition coefficient (Wildman–Crippen LogP) is 4.64. The maximum atomic E-state index is 13.3. The SMILES string of the molecule is CN1CCC(N(CC(=O)Nc2ccc(-c3ccc(OCCCCCN4CCN(C)CC4)cc3)s2)C(=O)C(F)(F)F)CC1. The summed E-state index contributed by atoms with van der Waals surface area (Å²) in [6.07, 6.45) is -0.920. The van der Waals surface area contributed by atoms with Gasteiger partial charge in [-0.05, 0) is 108 Å². The van der Waals surface area contributed by atoms with Crippen LogP contribution in [0, 0.1) is 0 Å². The van der Waals surface area contributed by atoms with Gasteiger partial charge in [0, 0.05) is 37.1 Å². The summed E-state index contributed by atoms with van der Waals surface area (Å²) >= 11 is 1.32. The van der Waals surface area contributed by atoms with Crippen molar-refractivity contribution < 1.29 is 27.5 Å². The Morgan fingerprint density at radius 1 is 0.929 bits per heavy atom. The largest absolute Gasteiger partial charge is 0.494 e. The lowest BCUT2D eigenvalue weighted by Gasteiger charge is -2.37. The van der Waals surface area contributed by atoms with E-state index in [0.29, 0.717) is 42.4 Å². The molecule has 0 bridgehead atoms. The molecule has 0 unspecified atom stereocenters. The van der Waals surface area contributed by atoms with Gasteiger partial charge in [0.2, 0.25) is 5.91 Å². The lowest BCUT2D eigenvalue weighted by atomic mass is 10.0. The van der Waals surface area contributed by atoms with Gasteiger partial charge in [-0.3, -0.25) is 9.59 Å². The number of piperazine rings is 1. The fourth-order valence-corrected chi connectivity index (χ4v) is 6.25. The average molecular weight is 610 g/mol. The van der Waals surface area contributed by atoms with Gasteiger partial charge in [0.1, 0.15) is 12.3 Å². The van der Waals surface area contributed by atoms with Gasteiger partial charge >= 0.3 is 12.1 Å². The molecule has 42 heavy (non-hydrogen) atoms. The van der Waals surface area contributed by atoms with E-state index in [9.17, 15) is 22.8 Å². The van der Waals surface area contributed by atoms with Gasteiger partial charge in [-0.2, -0.15) is 13.2 Å². The zero-order valence-corrected chi connectivity index (χ0v) is 25.3. The van der Waals surface area contributed by atoms with Crippen LogP contribution in [0.2, 0.25) is 0 Å². The van der Waals surface area contributed by atoms with Crippen LogP contribution < -0.4 is 10.1 Å². The summed E-state index contributed by atoms with van der Waals surface area (Å²) < 4.78 is 45.7. The molecule has 0 aliphatic carbocycles. The summed E-state index contributed by atoms with van der Waals surface area (Å²) in [5.74, 6) is -1.81. The number of piperidine rings is 1. The Morgan fingerprint density at radius 2 is 1.60 bits per heavy atom. The molecule has 0 saturated carbocycles. The Balaban J connectivity index is 1.21. The highest BCUT2D eigenvalue weighted by Gasteiger charge is 2.45. The summed E-state index contributed by atoms with van der Waals surface area (Å²) in [5.41, 5.74) is 0.945. The number of rotatable bonds is 12. The molecular weight excluding hydrogens is 567 g/mol.